The van der Waals surface area contributed by atoms with Gasteiger partial charge in [-0.15, -0.1) is 0 Å². The van der Waals surface area contributed by atoms with Crippen molar-refractivity contribution in [1.82, 2.24) is 9.80 Å². The second-order valence-electron chi connectivity index (χ2n) is 7.08. The maximum atomic E-state index is 13.0. The first-order valence-corrected chi connectivity index (χ1v) is 9.08. The molecule has 120 valence electrons. The summed E-state index contributed by atoms with van der Waals surface area (Å²) in [6.07, 6.45) is 1.99. The van der Waals surface area contributed by atoms with Gasteiger partial charge in [-0.3, -0.25) is 9.69 Å². The first kappa shape index (κ1) is 16.0. The molecule has 1 saturated carbocycles. The van der Waals surface area contributed by atoms with Crippen LogP contribution in [0.25, 0.3) is 0 Å². The topological polar surface area (TPSA) is 23.6 Å². The van der Waals surface area contributed by atoms with Gasteiger partial charge in [0, 0.05) is 37.2 Å². The molecular formula is C18H25BrN2O. The monoisotopic (exact) mass is 364 g/mol. The summed E-state index contributed by atoms with van der Waals surface area (Å²) >= 11 is 3.53. The van der Waals surface area contributed by atoms with Gasteiger partial charge in [-0.05, 0) is 36.5 Å². The SMILES string of the molecule is CC(C)CN1CCN(C(=O)C2(c3cccc(Br)c3)CC2)CC1. The molecule has 1 heterocycles. The van der Waals surface area contributed by atoms with Gasteiger partial charge in [0.2, 0.25) is 5.91 Å². The minimum atomic E-state index is -0.232. The van der Waals surface area contributed by atoms with Crippen molar-refractivity contribution in [3.8, 4) is 0 Å². The second kappa shape index (κ2) is 6.32. The Balaban J connectivity index is 1.65. The zero-order chi connectivity index (χ0) is 15.7. The zero-order valence-electron chi connectivity index (χ0n) is 13.5. The number of hydrogen-bond acceptors (Lipinski definition) is 2. The fourth-order valence-electron chi connectivity index (χ4n) is 3.49. The normalized spacial score (nSPS) is 21.2. The van der Waals surface area contributed by atoms with Gasteiger partial charge in [0.15, 0.2) is 0 Å². The Morgan fingerprint density at radius 2 is 1.91 bits per heavy atom. The van der Waals surface area contributed by atoms with Crippen LogP contribution in [0.1, 0.15) is 32.3 Å². The van der Waals surface area contributed by atoms with Crippen LogP contribution in [-0.4, -0.2) is 48.4 Å². The first-order chi connectivity index (χ1) is 10.5. The molecule has 1 saturated heterocycles. The molecule has 1 aliphatic carbocycles. The Labute approximate surface area is 141 Å². The van der Waals surface area contributed by atoms with Crippen LogP contribution >= 0.6 is 15.9 Å². The van der Waals surface area contributed by atoms with Crippen LogP contribution in [0, 0.1) is 5.92 Å². The summed E-state index contributed by atoms with van der Waals surface area (Å²) in [5, 5.41) is 0. The quantitative estimate of drug-likeness (QED) is 0.818. The van der Waals surface area contributed by atoms with Gasteiger partial charge < -0.3 is 4.90 Å². The van der Waals surface area contributed by atoms with Gasteiger partial charge in [-0.25, -0.2) is 0 Å². The van der Waals surface area contributed by atoms with Gasteiger partial charge in [0.1, 0.15) is 0 Å². The van der Waals surface area contributed by atoms with Crippen LogP contribution in [0.4, 0.5) is 0 Å². The Hall–Kier alpha value is -0.870. The number of carbonyl (C=O) groups is 1. The lowest BCUT2D eigenvalue weighted by atomic mass is 9.94. The molecule has 3 nitrogen and oxygen atoms in total. The van der Waals surface area contributed by atoms with Crippen molar-refractivity contribution in [3.05, 3.63) is 34.3 Å². The van der Waals surface area contributed by atoms with E-state index in [1.807, 2.05) is 12.1 Å². The molecule has 3 rings (SSSR count). The van der Waals surface area contributed by atoms with E-state index in [-0.39, 0.29) is 5.41 Å². The second-order valence-corrected chi connectivity index (χ2v) is 7.99. The number of nitrogens with zero attached hydrogens (tertiary/aromatic N) is 2. The number of benzene rings is 1. The van der Waals surface area contributed by atoms with Crippen molar-refractivity contribution >= 4 is 21.8 Å². The summed E-state index contributed by atoms with van der Waals surface area (Å²) < 4.78 is 1.06. The molecule has 1 aromatic rings. The summed E-state index contributed by atoms with van der Waals surface area (Å²) in [4.78, 5) is 17.6. The van der Waals surface area contributed by atoms with Crippen molar-refractivity contribution in [2.75, 3.05) is 32.7 Å². The molecule has 0 radical (unpaired) electrons. The first-order valence-electron chi connectivity index (χ1n) is 8.29. The molecule has 2 aliphatic rings. The third kappa shape index (κ3) is 3.23. The highest BCUT2D eigenvalue weighted by Crippen LogP contribution is 2.50. The standard InChI is InChI=1S/C18H25BrN2O/c1-14(2)13-20-8-10-21(11-9-20)17(22)18(6-7-18)15-4-3-5-16(19)12-15/h3-5,12,14H,6-11,13H2,1-2H3. The van der Waals surface area contributed by atoms with Crippen LogP contribution in [-0.2, 0) is 10.2 Å². The molecular weight excluding hydrogens is 340 g/mol. The number of rotatable bonds is 4. The van der Waals surface area contributed by atoms with E-state index in [2.05, 4.69) is 51.7 Å². The van der Waals surface area contributed by atoms with Crippen molar-refractivity contribution < 1.29 is 4.79 Å². The molecule has 4 heteroatoms. The van der Waals surface area contributed by atoms with E-state index in [1.165, 1.54) is 5.56 Å². The Morgan fingerprint density at radius 3 is 2.45 bits per heavy atom. The smallest absolute Gasteiger partial charge is 0.233 e. The summed E-state index contributed by atoms with van der Waals surface area (Å²) in [7, 11) is 0. The predicted octanol–water partition coefficient (Wildman–Crippen LogP) is 3.28. The van der Waals surface area contributed by atoms with Crippen molar-refractivity contribution in [2.24, 2.45) is 5.92 Å². The van der Waals surface area contributed by atoms with Crippen molar-refractivity contribution in [1.29, 1.82) is 0 Å². The van der Waals surface area contributed by atoms with E-state index in [4.69, 9.17) is 0 Å². The maximum Gasteiger partial charge on any atom is 0.233 e. The fraction of sp³-hybridized carbons (Fsp3) is 0.611. The van der Waals surface area contributed by atoms with E-state index < -0.39 is 0 Å². The van der Waals surface area contributed by atoms with E-state index in [1.54, 1.807) is 0 Å². The third-order valence-corrected chi connectivity index (χ3v) is 5.31. The highest BCUT2D eigenvalue weighted by Gasteiger charge is 2.53. The van der Waals surface area contributed by atoms with Gasteiger partial charge >= 0.3 is 0 Å². The Bertz CT molecular complexity index is 546. The van der Waals surface area contributed by atoms with Crippen LogP contribution < -0.4 is 0 Å². The van der Waals surface area contributed by atoms with E-state index in [9.17, 15) is 4.79 Å². The van der Waals surface area contributed by atoms with Crippen molar-refractivity contribution in [2.45, 2.75) is 32.1 Å². The molecule has 0 unspecified atom stereocenters. The molecule has 0 spiro atoms. The summed E-state index contributed by atoms with van der Waals surface area (Å²) in [6.45, 7) is 9.42. The van der Waals surface area contributed by atoms with E-state index in [0.29, 0.717) is 11.8 Å². The molecule has 0 atom stereocenters. The third-order valence-electron chi connectivity index (χ3n) is 4.82. The van der Waals surface area contributed by atoms with Crippen LogP contribution in [0.5, 0.6) is 0 Å². The maximum absolute atomic E-state index is 13.0. The summed E-state index contributed by atoms with van der Waals surface area (Å²) in [5.41, 5.74) is 0.945. The number of halogens is 1. The van der Waals surface area contributed by atoms with Gasteiger partial charge in [0.05, 0.1) is 5.41 Å². The predicted molar refractivity (Wildman–Crippen MR) is 92.9 cm³/mol. The average Bonchev–Trinajstić information content (AvgIpc) is 3.28. The van der Waals surface area contributed by atoms with Crippen LogP contribution in [0.15, 0.2) is 28.7 Å². The van der Waals surface area contributed by atoms with Crippen LogP contribution in [0.3, 0.4) is 0 Å². The Kier molecular flexibility index (Phi) is 4.60. The molecule has 1 amide bonds. The molecule has 1 aliphatic heterocycles. The molecule has 0 aromatic heterocycles. The fourth-order valence-corrected chi connectivity index (χ4v) is 3.89. The Morgan fingerprint density at radius 1 is 1.23 bits per heavy atom. The molecule has 0 bridgehead atoms. The molecule has 0 N–H and O–H groups in total. The van der Waals surface area contributed by atoms with Crippen molar-refractivity contribution in [3.63, 3.8) is 0 Å². The molecule has 2 fully saturated rings. The van der Waals surface area contributed by atoms with Gasteiger partial charge in [0.25, 0.3) is 0 Å². The average molecular weight is 365 g/mol. The minimum Gasteiger partial charge on any atom is -0.339 e. The van der Waals surface area contributed by atoms with Gasteiger partial charge in [-0.2, -0.15) is 0 Å². The number of piperazine rings is 1. The lowest BCUT2D eigenvalue weighted by Gasteiger charge is -2.37. The van der Waals surface area contributed by atoms with E-state index in [0.717, 1.165) is 50.0 Å². The van der Waals surface area contributed by atoms with Crippen LogP contribution in [0.2, 0.25) is 0 Å². The number of hydrogen-bond donors (Lipinski definition) is 0. The molecule has 1 aromatic carbocycles. The van der Waals surface area contributed by atoms with E-state index >= 15 is 0 Å². The highest BCUT2D eigenvalue weighted by molar-refractivity contribution is 9.10. The largest absolute Gasteiger partial charge is 0.339 e. The lowest BCUT2D eigenvalue weighted by Crippen LogP contribution is -2.52. The minimum absolute atomic E-state index is 0.232. The molecule has 22 heavy (non-hydrogen) atoms. The van der Waals surface area contributed by atoms with Gasteiger partial charge in [-0.1, -0.05) is 41.9 Å². The summed E-state index contributed by atoms with van der Waals surface area (Å²) in [5.74, 6) is 1.04. The summed E-state index contributed by atoms with van der Waals surface area (Å²) in [6, 6.07) is 8.27. The zero-order valence-corrected chi connectivity index (χ0v) is 15.1. The lowest BCUT2D eigenvalue weighted by molar-refractivity contribution is -0.135. The number of amides is 1. The highest BCUT2D eigenvalue weighted by atomic mass is 79.9. The number of carbonyl (C=O) groups excluding carboxylic acids is 1.